The third kappa shape index (κ3) is 4.34. The zero-order valence-corrected chi connectivity index (χ0v) is 17.2. The summed E-state index contributed by atoms with van der Waals surface area (Å²) in [6.45, 7) is 0.606. The Kier molecular flexibility index (Phi) is 5.83. The van der Waals surface area contributed by atoms with Crippen molar-refractivity contribution in [3.8, 4) is 0 Å². The molecule has 0 aliphatic carbocycles. The molecule has 26 heavy (non-hydrogen) atoms. The van der Waals surface area contributed by atoms with E-state index in [4.69, 9.17) is 0 Å². The van der Waals surface area contributed by atoms with Crippen LogP contribution in [0.1, 0.15) is 5.56 Å². The van der Waals surface area contributed by atoms with Crippen molar-refractivity contribution in [2.45, 2.75) is 10.6 Å². The first kappa shape index (κ1) is 19.5. The van der Waals surface area contributed by atoms with E-state index < -0.39 is 20.0 Å². The molecule has 1 heterocycles. The Morgan fingerprint density at radius 3 is 1.88 bits per heavy atom. The molecule has 2 aromatic carbocycles. The van der Waals surface area contributed by atoms with Gasteiger partial charge in [0.05, 0.1) is 10.6 Å². The quantitative estimate of drug-likeness (QED) is 0.688. The number of rotatable bonds is 5. The van der Waals surface area contributed by atoms with Gasteiger partial charge in [-0.15, -0.1) is 0 Å². The van der Waals surface area contributed by atoms with Crippen LogP contribution in [0, 0.1) is 0 Å². The fourth-order valence-corrected chi connectivity index (χ4v) is 6.02. The fraction of sp³-hybridized carbons (Fsp3) is 0.294. The maximum Gasteiger partial charge on any atom is 0.243 e. The third-order valence-electron chi connectivity index (χ3n) is 4.23. The van der Waals surface area contributed by atoms with E-state index in [1.54, 1.807) is 36.4 Å². The van der Waals surface area contributed by atoms with Crippen LogP contribution in [0.4, 0.5) is 0 Å². The van der Waals surface area contributed by atoms with Crippen molar-refractivity contribution in [2.75, 3.05) is 26.2 Å². The number of hydrogen-bond acceptors (Lipinski definition) is 4. The van der Waals surface area contributed by atoms with Gasteiger partial charge in [0, 0.05) is 30.7 Å². The highest BCUT2D eigenvalue weighted by Crippen LogP contribution is 2.21. The monoisotopic (exact) mass is 458 g/mol. The van der Waals surface area contributed by atoms with E-state index >= 15 is 0 Å². The van der Waals surface area contributed by atoms with Gasteiger partial charge in [0.2, 0.25) is 20.0 Å². The fourth-order valence-electron chi connectivity index (χ4n) is 2.82. The Hall–Kier alpha value is -1.26. The van der Waals surface area contributed by atoms with Crippen molar-refractivity contribution in [3.05, 3.63) is 64.6 Å². The molecule has 0 bridgehead atoms. The van der Waals surface area contributed by atoms with Gasteiger partial charge < -0.3 is 0 Å². The maximum atomic E-state index is 12.7. The largest absolute Gasteiger partial charge is 0.243 e. The summed E-state index contributed by atoms with van der Waals surface area (Å²) in [6, 6.07) is 15.4. The van der Waals surface area contributed by atoms with E-state index in [-0.39, 0.29) is 36.8 Å². The average molecular weight is 459 g/mol. The summed E-state index contributed by atoms with van der Waals surface area (Å²) in [5.41, 5.74) is 0.720. The molecular formula is C17H19BrN2O4S2. The number of benzene rings is 2. The molecule has 1 aliphatic rings. The molecule has 0 N–H and O–H groups in total. The second-order valence-electron chi connectivity index (χ2n) is 6.00. The Labute approximate surface area is 162 Å². The molecule has 6 nitrogen and oxygen atoms in total. The normalized spacial score (nSPS) is 17.3. The minimum absolute atomic E-state index is 0.0761. The van der Waals surface area contributed by atoms with Crippen LogP contribution in [0.3, 0.4) is 0 Å². The van der Waals surface area contributed by atoms with E-state index in [1.807, 2.05) is 6.07 Å². The Balaban J connectivity index is 1.68. The van der Waals surface area contributed by atoms with Crippen molar-refractivity contribution >= 4 is 36.0 Å². The molecular weight excluding hydrogens is 440 g/mol. The van der Waals surface area contributed by atoms with E-state index in [1.165, 1.54) is 20.7 Å². The highest BCUT2D eigenvalue weighted by Gasteiger charge is 2.32. The Bertz CT molecular complexity index is 954. The van der Waals surface area contributed by atoms with Crippen molar-refractivity contribution < 1.29 is 16.8 Å². The summed E-state index contributed by atoms with van der Waals surface area (Å²) in [7, 11) is -7.09. The number of sulfonamides is 2. The molecule has 0 amide bonds. The molecule has 2 aromatic rings. The second-order valence-corrected chi connectivity index (χ2v) is 10.8. The first-order valence-electron chi connectivity index (χ1n) is 8.06. The molecule has 0 saturated carbocycles. The molecule has 0 aromatic heterocycles. The summed E-state index contributed by atoms with van der Waals surface area (Å²) in [4.78, 5) is 0.210. The van der Waals surface area contributed by atoms with Gasteiger partial charge in [0.25, 0.3) is 0 Å². The van der Waals surface area contributed by atoms with Crippen LogP contribution in [-0.4, -0.2) is 51.6 Å². The molecule has 9 heteroatoms. The lowest BCUT2D eigenvalue weighted by Crippen LogP contribution is -2.50. The highest BCUT2D eigenvalue weighted by molar-refractivity contribution is 9.10. The molecule has 1 saturated heterocycles. The van der Waals surface area contributed by atoms with Crippen LogP contribution in [0.5, 0.6) is 0 Å². The lowest BCUT2D eigenvalue weighted by Gasteiger charge is -2.33. The summed E-state index contributed by atoms with van der Waals surface area (Å²) in [5.74, 6) is -0.0761. The molecule has 0 spiro atoms. The number of hydrogen-bond donors (Lipinski definition) is 0. The molecule has 3 rings (SSSR count). The molecule has 1 fully saturated rings. The number of nitrogens with zero attached hydrogens (tertiary/aromatic N) is 2. The predicted molar refractivity (Wildman–Crippen MR) is 104 cm³/mol. The minimum Gasteiger partial charge on any atom is -0.212 e. The minimum atomic E-state index is -3.62. The summed E-state index contributed by atoms with van der Waals surface area (Å²) in [5, 5.41) is 0. The van der Waals surface area contributed by atoms with E-state index in [9.17, 15) is 16.8 Å². The van der Waals surface area contributed by atoms with Gasteiger partial charge in [-0.1, -0.05) is 46.3 Å². The van der Waals surface area contributed by atoms with Gasteiger partial charge in [-0.05, 0) is 29.8 Å². The van der Waals surface area contributed by atoms with Crippen molar-refractivity contribution in [1.82, 2.24) is 8.61 Å². The lowest BCUT2D eigenvalue weighted by molar-refractivity contribution is 0.272. The van der Waals surface area contributed by atoms with Gasteiger partial charge in [-0.2, -0.15) is 8.61 Å². The van der Waals surface area contributed by atoms with Gasteiger partial charge in [-0.25, -0.2) is 16.8 Å². The van der Waals surface area contributed by atoms with Crippen molar-refractivity contribution in [3.63, 3.8) is 0 Å². The summed E-state index contributed by atoms with van der Waals surface area (Å²) < 4.78 is 54.0. The van der Waals surface area contributed by atoms with Gasteiger partial charge >= 0.3 is 0 Å². The first-order chi connectivity index (χ1) is 12.3. The summed E-state index contributed by atoms with van der Waals surface area (Å²) >= 11 is 3.28. The van der Waals surface area contributed by atoms with Crippen LogP contribution >= 0.6 is 15.9 Å². The van der Waals surface area contributed by atoms with Crippen LogP contribution in [-0.2, 0) is 25.8 Å². The predicted octanol–water partition coefficient (Wildman–Crippen LogP) is 2.29. The topological polar surface area (TPSA) is 74.8 Å². The van der Waals surface area contributed by atoms with Crippen LogP contribution in [0.25, 0.3) is 0 Å². The SMILES string of the molecule is O=S(=O)(Cc1ccccc1)N1CCN(S(=O)(=O)c2ccc(Br)cc2)CC1. The smallest absolute Gasteiger partial charge is 0.212 e. The average Bonchev–Trinajstić information content (AvgIpc) is 2.63. The molecule has 0 radical (unpaired) electrons. The van der Waals surface area contributed by atoms with Gasteiger partial charge in [-0.3, -0.25) is 0 Å². The number of piperazine rings is 1. The molecule has 0 unspecified atom stereocenters. The Morgan fingerprint density at radius 1 is 0.769 bits per heavy atom. The van der Waals surface area contributed by atoms with E-state index in [0.717, 1.165) is 10.0 Å². The first-order valence-corrected chi connectivity index (χ1v) is 11.9. The second kappa shape index (κ2) is 7.77. The molecule has 140 valence electrons. The maximum absolute atomic E-state index is 12.7. The molecule has 0 atom stereocenters. The van der Waals surface area contributed by atoms with Gasteiger partial charge in [0.15, 0.2) is 0 Å². The van der Waals surface area contributed by atoms with Crippen LogP contribution in [0.2, 0.25) is 0 Å². The van der Waals surface area contributed by atoms with Crippen LogP contribution < -0.4 is 0 Å². The standard InChI is InChI=1S/C17H19BrN2O4S2/c18-16-6-8-17(9-7-16)26(23,24)20-12-10-19(11-13-20)25(21,22)14-15-4-2-1-3-5-15/h1-9H,10-14H2. The summed E-state index contributed by atoms with van der Waals surface area (Å²) in [6.07, 6.45) is 0. The Morgan fingerprint density at radius 2 is 1.31 bits per heavy atom. The zero-order chi connectivity index (χ0) is 18.8. The molecule has 1 aliphatic heterocycles. The van der Waals surface area contributed by atoms with Crippen LogP contribution in [0.15, 0.2) is 64.0 Å². The van der Waals surface area contributed by atoms with Crippen molar-refractivity contribution in [1.29, 1.82) is 0 Å². The van der Waals surface area contributed by atoms with Crippen molar-refractivity contribution in [2.24, 2.45) is 0 Å². The lowest BCUT2D eigenvalue weighted by atomic mass is 10.2. The third-order valence-corrected chi connectivity index (χ3v) is 8.53. The zero-order valence-electron chi connectivity index (χ0n) is 14.0. The number of halogens is 1. The van der Waals surface area contributed by atoms with E-state index in [2.05, 4.69) is 15.9 Å². The van der Waals surface area contributed by atoms with Gasteiger partial charge in [0.1, 0.15) is 0 Å². The van der Waals surface area contributed by atoms with E-state index in [0.29, 0.717) is 0 Å². The highest BCUT2D eigenvalue weighted by atomic mass is 79.9.